The van der Waals surface area contributed by atoms with E-state index in [1.165, 1.54) is 25.5 Å². The molecule has 2 aliphatic rings. The van der Waals surface area contributed by atoms with E-state index in [1.807, 2.05) is 6.07 Å². The fourth-order valence-corrected chi connectivity index (χ4v) is 4.64. The van der Waals surface area contributed by atoms with Crippen LogP contribution in [0, 0.1) is 5.92 Å². The van der Waals surface area contributed by atoms with E-state index in [0.717, 1.165) is 49.8 Å². The van der Waals surface area contributed by atoms with Crippen molar-refractivity contribution in [2.75, 3.05) is 7.11 Å². The maximum Gasteiger partial charge on any atom is 0.305 e. The predicted molar refractivity (Wildman–Crippen MR) is 108 cm³/mol. The molecule has 1 aromatic carbocycles. The van der Waals surface area contributed by atoms with Gasteiger partial charge in [0.15, 0.2) is 0 Å². The summed E-state index contributed by atoms with van der Waals surface area (Å²) >= 11 is 0. The Labute approximate surface area is 166 Å². The molecular weight excluding hydrogens is 352 g/mol. The summed E-state index contributed by atoms with van der Waals surface area (Å²) in [5.74, 6) is 1.69. The summed E-state index contributed by atoms with van der Waals surface area (Å²) < 4.78 is 10.8. The summed E-state index contributed by atoms with van der Waals surface area (Å²) in [7, 11) is 1.47. The molecule has 0 amide bonds. The van der Waals surface area contributed by atoms with Gasteiger partial charge in [-0.2, -0.15) is 0 Å². The molecule has 5 heteroatoms. The van der Waals surface area contributed by atoms with Gasteiger partial charge >= 0.3 is 5.97 Å². The summed E-state index contributed by atoms with van der Waals surface area (Å²) in [6.07, 6.45) is 10.2. The van der Waals surface area contributed by atoms with Gasteiger partial charge in [-0.15, -0.1) is 5.10 Å². The van der Waals surface area contributed by atoms with Crippen molar-refractivity contribution < 1.29 is 14.3 Å². The Morgan fingerprint density at radius 2 is 1.79 bits per heavy atom. The van der Waals surface area contributed by atoms with E-state index in [4.69, 9.17) is 9.47 Å². The largest absolute Gasteiger partial charge is 0.473 e. The minimum Gasteiger partial charge on any atom is -0.473 e. The van der Waals surface area contributed by atoms with Crippen molar-refractivity contribution in [3.63, 3.8) is 0 Å². The van der Waals surface area contributed by atoms with Gasteiger partial charge in [0.2, 0.25) is 5.88 Å². The van der Waals surface area contributed by atoms with Crippen LogP contribution < -0.4 is 4.74 Å². The number of methoxy groups -OCH3 is 1. The second kappa shape index (κ2) is 8.80. The van der Waals surface area contributed by atoms with E-state index < -0.39 is 0 Å². The maximum absolute atomic E-state index is 11.5. The topological polar surface area (TPSA) is 64.2 Å². The molecule has 0 aliphatic heterocycles. The van der Waals surface area contributed by atoms with E-state index in [-0.39, 0.29) is 5.97 Å². The molecule has 0 unspecified atom stereocenters. The monoisotopic (exact) mass is 382 g/mol. The Bertz CT molecular complexity index is 769. The van der Waals surface area contributed by atoms with Gasteiger partial charge in [0.1, 0.15) is 6.10 Å². The predicted octanol–water partition coefficient (Wildman–Crippen LogP) is 5.24. The molecule has 0 atom stereocenters. The number of H-pyrrole nitrogens is 1. The van der Waals surface area contributed by atoms with Crippen LogP contribution in [0.4, 0.5) is 0 Å². The van der Waals surface area contributed by atoms with Gasteiger partial charge < -0.3 is 9.47 Å². The molecule has 1 heterocycles. The van der Waals surface area contributed by atoms with Crippen molar-refractivity contribution in [1.29, 1.82) is 0 Å². The minimum absolute atomic E-state index is 0.0800. The number of hydrogen-bond acceptors (Lipinski definition) is 4. The molecule has 0 spiro atoms. The Balaban J connectivity index is 1.33. The van der Waals surface area contributed by atoms with Gasteiger partial charge in [-0.1, -0.05) is 24.3 Å². The molecular formula is C23H30N2O3. The lowest BCUT2D eigenvalue weighted by Crippen LogP contribution is -2.17. The number of benzene rings is 1. The SMILES string of the molecule is COC(=O)CC1CCC(c2ccc(-c3cc(OC4CCCC4)n[nH]3)cc2)CC1. The van der Waals surface area contributed by atoms with Crippen LogP contribution in [0.25, 0.3) is 11.3 Å². The van der Waals surface area contributed by atoms with Crippen LogP contribution in [0.1, 0.15) is 69.3 Å². The number of esters is 1. The van der Waals surface area contributed by atoms with Crippen molar-refractivity contribution in [2.45, 2.75) is 69.8 Å². The number of nitrogens with zero attached hydrogens (tertiary/aromatic N) is 1. The fraction of sp³-hybridized carbons (Fsp3) is 0.565. The first kappa shape index (κ1) is 19.0. The first-order chi connectivity index (χ1) is 13.7. The van der Waals surface area contributed by atoms with Gasteiger partial charge in [-0.25, -0.2) is 0 Å². The van der Waals surface area contributed by atoms with Gasteiger partial charge in [-0.05, 0) is 74.3 Å². The summed E-state index contributed by atoms with van der Waals surface area (Å²) in [5, 5.41) is 7.43. The summed E-state index contributed by atoms with van der Waals surface area (Å²) in [6.45, 7) is 0. The van der Waals surface area contributed by atoms with Crippen LogP contribution in [0.2, 0.25) is 0 Å². The number of aromatic amines is 1. The zero-order valence-corrected chi connectivity index (χ0v) is 16.7. The maximum atomic E-state index is 11.5. The number of ether oxygens (including phenoxy) is 2. The molecule has 2 fully saturated rings. The van der Waals surface area contributed by atoms with Crippen molar-refractivity contribution in [2.24, 2.45) is 5.92 Å². The molecule has 4 rings (SSSR count). The standard InChI is InChI=1S/C23H30N2O3/c1-27-23(26)14-16-6-8-17(9-7-16)18-10-12-19(13-11-18)21-15-22(25-24-21)28-20-4-2-3-5-20/h10-13,15-17,20H,2-9,14H2,1H3,(H,24,25). The number of rotatable bonds is 6. The highest BCUT2D eigenvalue weighted by Crippen LogP contribution is 2.37. The van der Waals surface area contributed by atoms with Gasteiger partial charge in [-0.3, -0.25) is 9.89 Å². The lowest BCUT2D eigenvalue weighted by Gasteiger charge is -2.28. The zero-order valence-electron chi connectivity index (χ0n) is 16.7. The van der Waals surface area contributed by atoms with Crippen LogP contribution in [0.5, 0.6) is 5.88 Å². The number of nitrogens with one attached hydrogen (secondary N) is 1. The van der Waals surface area contributed by atoms with E-state index in [2.05, 4.69) is 34.5 Å². The molecule has 28 heavy (non-hydrogen) atoms. The molecule has 0 radical (unpaired) electrons. The van der Waals surface area contributed by atoms with E-state index in [1.54, 1.807) is 0 Å². The molecule has 150 valence electrons. The zero-order chi connectivity index (χ0) is 19.3. The minimum atomic E-state index is -0.0800. The molecule has 0 bridgehead atoms. The van der Waals surface area contributed by atoms with Crippen molar-refractivity contribution in [1.82, 2.24) is 10.2 Å². The molecule has 2 aromatic rings. The summed E-state index contributed by atoms with van der Waals surface area (Å²) in [6, 6.07) is 10.8. The third-order valence-corrected chi connectivity index (χ3v) is 6.37. The second-order valence-electron chi connectivity index (χ2n) is 8.26. The average molecular weight is 383 g/mol. The number of carbonyl (C=O) groups excluding carboxylic acids is 1. The van der Waals surface area contributed by atoms with Crippen LogP contribution in [0.3, 0.4) is 0 Å². The molecule has 1 aromatic heterocycles. The number of carbonyl (C=O) groups is 1. The van der Waals surface area contributed by atoms with E-state index >= 15 is 0 Å². The summed E-state index contributed by atoms with van der Waals surface area (Å²) in [5.41, 5.74) is 3.53. The summed E-state index contributed by atoms with van der Waals surface area (Å²) in [4.78, 5) is 11.5. The van der Waals surface area contributed by atoms with E-state index in [0.29, 0.717) is 30.2 Å². The molecule has 5 nitrogen and oxygen atoms in total. The van der Waals surface area contributed by atoms with E-state index in [9.17, 15) is 4.79 Å². The smallest absolute Gasteiger partial charge is 0.305 e. The third kappa shape index (κ3) is 4.57. The number of aromatic nitrogens is 2. The van der Waals surface area contributed by atoms with Gasteiger partial charge in [0.25, 0.3) is 0 Å². The number of hydrogen-bond donors (Lipinski definition) is 1. The molecule has 2 aliphatic carbocycles. The molecule has 1 N–H and O–H groups in total. The molecule has 0 saturated heterocycles. The third-order valence-electron chi connectivity index (χ3n) is 6.37. The molecule has 2 saturated carbocycles. The van der Waals surface area contributed by atoms with Crippen molar-refractivity contribution in [3.8, 4) is 17.1 Å². The highest BCUT2D eigenvalue weighted by molar-refractivity contribution is 5.69. The lowest BCUT2D eigenvalue weighted by atomic mass is 9.77. The Kier molecular flexibility index (Phi) is 5.98. The first-order valence-electron chi connectivity index (χ1n) is 10.6. The Hall–Kier alpha value is -2.30. The first-order valence-corrected chi connectivity index (χ1v) is 10.6. The van der Waals surface area contributed by atoms with Gasteiger partial charge in [0, 0.05) is 12.5 Å². The second-order valence-corrected chi connectivity index (χ2v) is 8.26. The quantitative estimate of drug-likeness (QED) is 0.694. The van der Waals surface area contributed by atoms with Crippen LogP contribution in [-0.4, -0.2) is 29.4 Å². The van der Waals surface area contributed by atoms with Crippen LogP contribution in [-0.2, 0) is 9.53 Å². The van der Waals surface area contributed by atoms with Crippen molar-refractivity contribution in [3.05, 3.63) is 35.9 Å². The highest BCUT2D eigenvalue weighted by Gasteiger charge is 2.24. The van der Waals surface area contributed by atoms with Crippen molar-refractivity contribution >= 4 is 5.97 Å². The van der Waals surface area contributed by atoms with Crippen LogP contribution in [0.15, 0.2) is 30.3 Å². The Morgan fingerprint density at radius 1 is 1.07 bits per heavy atom. The highest BCUT2D eigenvalue weighted by atomic mass is 16.5. The average Bonchev–Trinajstić information content (AvgIpc) is 3.41. The fourth-order valence-electron chi connectivity index (χ4n) is 4.64. The van der Waals surface area contributed by atoms with Crippen LogP contribution >= 0.6 is 0 Å². The van der Waals surface area contributed by atoms with Gasteiger partial charge in [0.05, 0.1) is 12.8 Å². The lowest BCUT2D eigenvalue weighted by molar-refractivity contribution is -0.142. The normalized spacial score (nSPS) is 22.9. The Morgan fingerprint density at radius 3 is 2.46 bits per heavy atom.